The summed E-state index contributed by atoms with van der Waals surface area (Å²) in [5.74, 6) is 0.840. The summed E-state index contributed by atoms with van der Waals surface area (Å²) in [7, 11) is 3.99. The number of rotatable bonds is 9. The summed E-state index contributed by atoms with van der Waals surface area (Å²) in [4.78, 5) is 20.5. The van der Waals surface area contributed by atoms with Gasteiger partial charge < -0.3 is 14.6 Å². The van der Waals surface area contributed by atoms with Crippen molar-refractivity contribution in [2.45, 2.75) is 66.0 Å². The number of nitrogens with zero attached hydrogens (tertiary/aromatic N) is 3. The lowest BCUT2D eigenvalue weighted by Crippen LogP contribution is -2.49. The summed E-state index contributed by atoms with van der Waals surface area (Å²) in [5, 5.41) is 0. The fourth-order valence-corrected chi connectivity index (χ4v) is 2.66. The molecule has 0 rings (SSSR count). The number of amidine groups is 1. The zero-order valence-electron chi connectivity index (χ0n) is 15.4. The first-order valence-corrected chi connectivity index (χ1v) is 8.19. The molecular formula is C18H33N3O. The van der Waals surface area contributed by atoms with Crippen molar-refractivity contribution in [3.8, 4) is 0 Å². The van der Waals surface area contributed by atoms with Crippen LogP contribution in [0.25, 0.3) is 0 Å². The van der Waals surface area contributed by atoms with E-state index >= 15 is 0 Å². The topological polar surface area (TPSA) is 35.9 Å². The van der Waals surface area contributed by atoms with Crippen LogP contribution >= 0.6 is 0 Å². The molecule has 0 heterocycles. The van der Waals surface area contributed by atoms with E-state index in [0.717, 1.165) is 42.8 Å². The number of hydrogen-bond acceptors (Lipinski definition) is 3. The molecule has 0 aliphatic rings. The molecule has 0 radical (unpaired) electrons. The third-order valence-electron chi connectivity index (χ3n) is 3.79. The minimum absolute atomic E-state index is 0.169. The molecule has 126 valence electrons. The highest BCUT2D eigenvalue weighted by Crippen LogP contribution is 2.21. The smallest absolute Gasteiger partial charge is 0.152 e. The van der Waals surface area contributed by atoms with Crippen LogP contribution in [0, 0.1) is 0 Å². The van der Waals surface area contributed by atoms with E-state index in [9.17, 15) is 4.79 Å². The number of aldehydes is 1. The second-order valence-electron chi connectivity index (χ2n) is 5.73. The lowest BCUT2D eigenvalue weighted by Gasteiger charge is -2.39. The van der Waals surface area contributed by atoms with Gasteiger partial charge in [0.25, 0.3) is 0 Å². The van der Waals surface area contributed by atoms with Gasteiger partial charge in [-0.2, -0.15) is 0 Å². The molecule has 0 aromatic carbocycles. The van der Waals surface area contributed by atoms with Gasteiger partial charge in [-0.05, 0) is 33.1 Å². The van der Waals surface area contributed by atoms with Crippen molar-refractivity contribution < 1.29 is 4.79 Å². The average Bonchev–Trinajstić information content (AvgIpc) is 2.46. The largest absolute Gasteiger partial charge is 0.375 e. The minimum atomic E-state index is -0.169. The molecule has 0 aliphatic carbocycles. The average molecular weight is 307 g/mol. The van der Waals surface area contributed by atoms with Crippen LogP contribution < -0.4 is 0 Å². The zero-order valence-corrected chi connectivity index (χ0v) is 15.4. The summed E-state index contributed by atoms with van der Waals surface area (Å²) in [6.45, 7) is 14.2. The quantitative estimate of drug-likeness (QED) is 0.369. The molecule has 22 heavy (non-hydrogen) atoms. The van der Waals surface area contributed by atoms with Gasteiger partial charge in [-0.25, -0.2) is 4.99 Å². The highest BCUT2D eigenvalue weighted by molar-refractivity contribution is 5.99. The monoisotopic (exact) mass is 307 g/mol. The van der Waals surface area contributed by atoms with Crippen LogP contribution in [0.15, 0.2) is 29.0 Å². The number of carbonyl (C=O) groups is 1. The Morgan fingerprint density at radius 3 is 2.00 bits per heavy atom. The third kappa shape index (κ3) is 5.32. The maximum Gasteiger partial charge on any atom is 0.152 e. The second kappa shape index (κ2) is 10.2. The van der Waals surface area contributed by atoms with Gasteiger partial charge >= 0.3 is 0 Å². The maximum atomic E-state index is 11.6. The van der Waals surface area contributed by atoms with Crippen LogP contribution in [0.2, 0.25) is 0 Å². The van der Waals surface area contributed by atoms with Gasteiger partial charge in [0.2, 0.25) is 0 Å². The summed E-state index contributed by atoms with van der Waals surface area (Å²) >= 11 is 0. The highest BCUT2D eigenvalue weighted by atomic mass is 16.1. The molecule has 0 saturated heterocycles. The molecule has 1 unspecified atom stereocenters. The van der Waals surface area contributed by atoms with Gasteiger partial charge in [0.15, 0.2) is 5.84 Å². The van der Waals surface area contributed by atoms with Crippen molar-refractivity contribution in [2.24, 2.45) is 4.99 Å². The SMILES string of the molecule is C=C(C)N=C(/C(=C\C)N(C)C)N(C(C=O)CC)C(CC)CC. The van der Waals surface area contributed by atoms with E-state index in [4.69, 9.17) is 0 Å². The number of allylic oxidation sites excluding steroid dienone is 2. The van der Waals surface area contributed by atoms with Gasteiger partial charge in [-0.1, -0.05) is 33.4 Å². The Labute approximate surface area is 136 Å². The van der Waals surface area contributed by atoms with E-state index in [0.29, 0.717) is 0 Å². The second-order valence-corrected chi connectivity index (χ2v) is 5.73. The molecule has 0 spiro atoms. The molecule has 0 fully saturated rings. The fraction of sp³-hybridized carbons (Fsp3) is 0.667. The standard InChI is InChI=1S/C18H33N3O/c1-9-15(10-2)21(16(11-3)13-22)18(19-14(5)6)17(12-4)20(7)8/h12-13,15-16H,5,9-11H2,1-4,6-8H3/b17-12+,19-18?. The third-order valence-corrected chi connectivity index (χ3v) is 3.79. The molecule has 0 aromatic rings. The van der Waals surface area contributed by atoms with Gasteiger partial charge in [0.05, 0.1) is 11.7 Å². The van der Waals surface area contributed by atoms with Crippen molar-refractivity contribution in [1.29, 1.82) is 0 Å². The summed E-state index contributed by atoms with van der Waals surface area (Å²) in [6, 6.07) is 0.112. The molecule has 1 atom stereocenters. The van der Waals surface area contributed by atoms with Crippen LogP contribution in [0.5, 0.6) is 0 Å². The van der Waals surface area contributed by atoms with E-state index < -0.39 is 0 Å². The lowest BCUT2D eigenvalue weighted by atomic mass is 10.0. The molecule has 4 heteroatoms. The number of aliphatic imine (C=N–C) groups is 1. The predicted molar refractivity (Wildman–Crippen MR) is 96.0 cm³/mol. The van der Waals surface area contributed by atoms with E-state index in [1.807, 2.05) is 45.8 Å². The molecule has 4 nitrogen and oxygen atoms in total. The molecule has 0 bridgehead atoms. The van der Waals surface area contributed by atoms with Gasteiger partial charge in [0, 0.05) is 25.8 Å². The number of carbonyl (C=O) groups excluding carboxylic acids is 1. The van der Waals surface area contributed by atoms with Crippen LogP contribution in [0.1, 0.15) is 53.9 Å². The van der Waals surface area contributed by atoms with Gasteiger partial charge in [-0.15, -0.1) is 0 Å². The predicted octanol–water partition coefficient (Wildman–Crippen LogP) is 3.85. The first kappa shape index (κ1) is 20.4. The van der Waals surface area contributed by atoms with Gasteiger partial charge in [-0.3, -0.25) is 0 Å². The van der Waals surface area contributed by atoms with Crippen molar-refractivity contribution in [1.82, 2.24) is 9.80 Å². The Balaban J connectivity index is 6.16. The van der Waals surface area contributed by atoms with Crippen molar-refractivity contribution >= 4 is 12.1 Å². The fourth-order valence-electron chi connectivity index (χ4n) is 2.66. The Morgan fingerprint density at radius 2 is 1.73 bits per heavy atom. The van der Waals surface area contributed by atoms with Crippen molar-refractivity contribution in [2.75, 3.05) is 14.1 Å². The van der Waals surface area contributed by atoms with E-state index in [-0.39, 0.29) is 12.1 Å². The van der Waals surface area contributed by atoms with Crippen LogP contribution in [-0.2, 0) is 4.79 Å². The normalized spacial score (nSPS) is 14.0. The Morgan fingerprint density at radius 1 is 1.18 bits per heavy atom. The number of likely N-dealkylation sites (N-methyl/N-ethyl adjacent to an activating group) is 1. The van der Waals surface area contributed by atoms with Crippen molar-refractivity contribution in [3.63, 3.8) is 0 Å². The molecule has 0 saturated carbocycles. The molecular weight excluding hydrogens is 274 g/mol. The maximum absolute atomic E-state index is 11.6. The van der Waals surface area contributed by atoms with E-state index in [2.05, 4.69) is 30.3 Å². The van der Waals surface area contributed by atoms with Crippen LogP contribution in [0.4, 0.5) is 0 Å². The van der Waals surface area contributed by atoms with E-state index in [1.165, 1.54) is 0 Å². The molecule has 0 N–H and O–H groups in total. The molecule has 0 aromatic heterocycles. The van der Waals surface area contributed by atoms with Gasteiger partial charge in [0.1, 0.15) is 6.29 Å². The van der Waals surface area contributed by atoms with Crippen molar-refractivity contribution in [3.05, 3.63) is 24.0 Å². The minimum Gasteiger partial charge on any atom is -0.375 e. The number of hydrogen-bond donors (Lipinski definition) is 0. The lowest BCUT2D eigenvalue weighted by molar-refractivity contribution is -0.111. The van der Waals surface area contributed by atoms with Crippen LogP contribution in [-0.4, -0.2) is 48.1 Å². The van der Waals surface area contributed by atoms with Crippen LogP contribution in [0.3, 0.4) is 0 Å². The summed E-state index contributed by atoms with van der Waals surface area (Å²) in [6.07, 6.45) is 5.78. The zero-order chi connectivity index (χ0) is 17.3. The molecule has 0 amide bonds. The summed E-state index contributed by atoms with van der Waals surface area (Å²) in [5.41, 5.74) is 1.75. The first-order valence-electron chi connectivity index (χ1n) is 8.19. The molecule has 0 aliphatic heterocycles. The highest BCUT2D eigenvalue weighted by Gasteiger charge is 2.28. The van der Waals surface area contributed by atoms with E-state index in [1.54, 1.807) is 0 Å². The Bertz CT molecular complexity index is 420. The first-order chi connectivity index (χ1) is 10.4. The summed E-state index contributed by atoms with van der Waals surface area (Å²) < 4.78 is 0. The Hall–Kier alpha value is -1.58. The Kier molecular flexibility index (Phi) is 9.46.